The summed E-state index contributed by atoms with van der Waals surface area (Å²) in [6, 6.07) is 70.6. The lowest BCUT2D eigenvalue weighted by molar-refractivity contribution is 0.762. The highest BCUT2D eigenvalue weighted by molar-refractivity contribution is 6.17. The summed E-state index contributed by atoms with van der Waals surface area (Å²) in [6.07, 6.45) is 1.86. The summed E-state index contributed by atoms with van der Waals surface area (Å²) in [5.74, 6) is 1.56. The van der Waals surface area contributed by atoms with E-state index in [0.717, 1.165) is 61.7 Å². The van der Waals surface area contributed by atoms with Crippen LogP contribution in [0.5, 0.6) is 0 Å². The van der Waals surface area contributed by atoms with Crippen molar-refractivity contribution in [3.8, 4) is 22.3 Å². The van der Waals surface area contributed by atoms with Crippen LogP contribution in [0.15, 0.2) is 216 Å². The van der Waals surface area contributed by atoms with Crippen molar-refractivity contribution in [1.29, 1.82) is 0 Å². The average molecular weight is 719 g/mol. The van der Waals surface area contributed by atoms with Gasteiger partial charge in [0.15, 0.2) is 6.17 Å². The van der Waals surface area contributed by atoms with Crippen LogP contribution in [0.3, 0.4) is 0 Å². The second-order valence-electron chi connectivity index (χ2n) is 14.3. The fraction of sp³-hybridized carbons (Fsp3) is 0.0385. The van der Waals surface area contributed by atoms with E-state index in [1.807, 2.05) is 6.07 Å². The van der Waals surface area contributed by atoms with Crippen LogP contribution in [0.2, 0.25) is 0 Å². The van der Waals surface area contributed by atoms with Gasteiger partial charge in [0.1, 0.15) is 11.7 Å². The smallest absolute Gasteiger partial charge is 0.170 e. The maximum Gasteiger partial charge on any atom is 0.170 e. The molecular formula is C52H38N4. The molecule has 2 heterocycles. The van der Waals surface area contributed by atoms with Crippen molar-refractivity contribution in [2.75, 3.05) is 5.32 Å². The number of fused-ring (bicyclic) bond motifs is 3. The minimum absolute atomic E-state index is 0.0134. The molecule has 2 aliphatic rings. The Hall–Kier alpha value is -7.30. The van der Waals surface area contributed by atoms with Crippen molar-refractivity contribution in [3.05, 3.63) is 240 Å². The standard InChI is InChI=1S/C52H38N4/c1-6-18-35(19-7-1)40-30-41(36-20-8-2-9-21-36)32-42(31-40)51-54-50(39-26-14-5-15-27-39)55-52(56-51)46-34-48-49(44-29-17-16-28-43(44)46)45(37-22-10-3-11-23-37)33-47(53-48)38-24-12-4-13-25-38/h1-34,47,52-53H,(H,54,55,56). The van der Waals surface area contributed by atoms with Gasteiger partial charge in [-0.2, -0.15) is 0 Å². The third-order valence-corrected chi connectivity index (χ3v) is 10.7. The van der Waals surface area contributed by atoms with Crippen LogP contribution in [-0.4, -0.2) is 11.7 Å². The number of amidine groups is 2. The Labute approximate surface area is 327 Å². The molecule has 10 rings (SSSR count). The van der Waals surface area contributed by atoms with Crippen molar-refractivity contribution in [3.63, 3.8) is 0 Å². The van der Waals surface area contributed by atoms with Crippen molar-refractivity contribution in [2.45, 2.75) is 12.2 Å². The quantitative estimate of drug-likeness (QED) is 0.172. The van der Waals surface area contributed by atoms with Gasteiger partial charge >= 0.3 is 0 Å². The SMILES string of the molecule is C1=C(c2ccccc2)c2c(cc(C3N=C(c4ccccc4)NC(c4cc(-c5ccccc5)cc(-c5ccccc5)c4)=N3)c3ccccc23)NC1c1ccccc1. The molecule has 0 radical (unpaired) electrons. The van der Waals surface area contributed by atoms with Gasteiger partial charge in [-0.1, -0.05) is 176 Å². The first-order chi connectivity index (χ1) is 27.7. The van der Waals surface area contributed by atoms with Gasteiger partial charge in [0.05, 0.1) is 6.04 Å². The molecule has 2 atom stereocenters. The fourth-order valence-corrected chi connectivity index (χ4v) is 8.02. The van der Waals surface area contributed by atoms with E-state index < -0.39 is 6.17 Å². The van der Waals surface area contributed by atoms with Crippen molar-refractivity contribution >= 4 is 33.7 Å². The van der Waals surface area contributed by atoms with Gasteiger partial charge in [0, 0.05) is 27.9 Å². The largest absolute Gasteiger partial charge is 0.374 e. The van der Waals surface area contributed by atoms with Crippen molar-refractivity contribution in [2.24, 2.45) is 9.98 Å². The van der Waals surface area contributed by atoms with Crippen LogP contribution in [0.1, 0.15) is 45.6 Å². The molecule has 0 aliphatic carbocycles. The highest BCUT2D eigenvalue weighted by Crippen LogP contribution is 2.45. The van der Waals surface area contributed by atoms with E-state index in [1.54, 1.807) is 0 Å². The van der Waals surface area contributed by atoms with Crippen LogP contribution < -0.4 is 10.6 Å². The van der Waals surface area contributed by atoms with Gasteiger partial charge in [0.2, 0.25) is 0 Å². The summed E-state index contributed by atoms with van der Waals surface area (Å²) in [7, 11) is 0. The van der Waals surface area contributed by atoms with Gasteiger partial charge < -0.3 is 10.6 Å². The molecule has 266 valence electrons. The molecule has 8 aromatic carbocycles. The fourth-order valence-electron chi connectivity index (χ4n) is 8.02. The van der Waals surface area contributed by atoms with Crippen LogP contribution in [0.25, 0.3) is 38.6 Å². The first-order valence-corrected chi connectivity index (χ1v) is 19.1. The molecule has 0 amide bonds. The van der Waals surface area contributed by atoms with Gasteiger partial charge in [-0.25, -0.2) is 9.98 Å². The Morgan fingerprint density at radius 3 is 1.45 bits per heavy atom. The number of nitrogens with zero attached hydrogens (tertiary/aromatic N) is 2. The highest BCUT2D eigenvalue weighted by Gasteiger charge is 2.28. The third-order valence-electron chi connectivity index (χ3n) is 10.7. The molecule has 2 aliphatic heterocycles. The van der Waals surface area contributed by atoms with Gasteiger partial charge in [-0.05, 0) is 80.1 Å². The van der Waals surface area contributed by atoms with Gasteiger partial charge in [-0.3, -0.25) is 0 Å². The second kappa shape index (κ2) is 14.5. The summed E-state index contributed by atoms with van der Waals surface area (Å²) in [5.41, 5.74) is 13.5. The minimum Gasteiger partial charge on any atom is -0.374 e. The molecule has 0 saturated heterocycles. The topological polar surface area (TPSA) is 48.8 Å². The van der Waals surface area contributed by atoms with E-state index in [1.165, 1.54) is 27.6 Å². The molecule has 0 aromatic heterocycles. The Bertz CT molecular complexity index is 2720. The number of nitrogens with one attached hydrogen (secondary N) is 2. The first kappa shape index (κ1) is 33.3. The second-order valence-corrected chi connectivity index (χ2v) is 14.3. The number of hydrogen-bond donors (Lipinski definition) is 2. The van der Waals surface area contributed by atoms with Crippen molar-refractivity contribution < 1.29 is 0 Å². The molecule has 4 heteroatoms. The van der Waals surface area contributed by atoms with E-state index in [4.69, 9.17) is 9.98 Å². The summed E-state index contributed by atoms with van der Waals surface area (Å²) in [5, 5.41) is 9.91. The molecule has 56 heavy (non-hydrogen) atoms. The number of rotatable bonds is 7. The molecule has 0 saturated carbocycles. The Morgan fingerprint density at radius 2 is 0.857 bits per heavy atom. The van der Waals surface area contributed by atoms with Crippen molar-refractivity contribution in [1.82, 2.24) is 5.32 Å². The highest BCUT2D eigenvalue weighted by atomic mass is 15.2. The molecule has 0 bridgehead atoms. The Balaban J connectivity index is 1.18. The first-order valence-electron chi connectivity index (χ1n) is 19.1. The van der Waals surface area contributed by atoms with Crippen LogP contribution >= 0.6 is 0 Å². The summed E-state index contributed by atoms with van der Waals surface area (Å²) < 4.78 is 0. The average Bonchev–Trinajstić information content (AvgIpc) is 3.29. The molecule has 4 nitrogen and oxygen atoms in total. The molecule has 2 unspecified atom stereocenters. The van der Waals surface area contributed by atoms with Crippen LogP contribution in [-0.2, 0) is 0 Å². The predicted molar refractivity (Wildman–Crippen MR) is 233 cm³/mol. The lowest BCUT2D eigenvalue weighted by atomic mass is 9.84. The zero-order chi connectivity index (χ0) is 37.3. The zero-order valence-electron chi connectivity index (χ0n) is 30.7. The lowest BCUT2D eigenvalue weighted by Gasteiger charge is -2.30. The molecule has 0 spiro atoms. The van der Waals surface area contributed by atoms with Crippen LogP contribution in [0.4, 0.5) is 5.69 Å². The number of hydrogen-bond acceptors (Lipinski definition) is 4. The van der Waals surface area contributed by atoms with E-state index in [0.29, 0.717) is 0 Å². The van der Waals surface area contributed by atoms with Gasteiger partial charge in [-0.15, -0.1) is 0 Å². The van der Waals surface area contributed by atoms with Gasteiger partial charge in [0.25, 0.3) is 0 Å². The zero-order valence-corrected chi connectivity index (χ0v) is 30.7. The lowest BCUT2D eigenvalue weighted by Crippen LogP contribution is -2.36. The number of anilines is 1. The summed E-state index contributed by atoms with van der Waals surface area (Å²) in [6.45, 7) is 0. The number of aliphatic imine (C=N–C) groups is 2. The maximum absolute atomic E-state index is 5.50. The van der Waals surface area contributed by atoms with E-state index >= 15 is 0 Å². The molecule has 2 N–H and O–H groups in total. The minimum atomic E-state index is -0.514. The predicted octanol–water partition coefficient (Wildman–Crippen LogP) is 12.3. The Morgan fingerprint density at radius 1 is 0.393 bits per heavy atom. The summed E-state index contributed by atoms with van der Waals surface area (Å²) in [4.78, 5) is 10.9. The Kier molecular flexibility index (Phi) is 8.62. The van der Waals surface area contributed by atoms with E-state index in [9.17, 15) is 0 Å². The molecule has 8 aromatic rings. The van der Waals surface area contributed by atoms with Crippen LogP contribution in [0, 0.1) is 0 Å². The molecule has 0 fully saturated rings. The van der Waals surface area contributed by atoms with E-state index in [2.05, 4.69) is 211 Å². The third kappa shape index (κ3) is 6.37. The monoisotopic (exact) mass is 718 g/mol. The number of benzene rings is 8. The normalized spacial score (nSPS) is 16.1. The summed E-state index contributed by atoms with van der Waals surface area (Å²) >= 11 is 0. The maximum atomic E-state index is 5.50. The van der Waals surface area contributed by atoms with E-state index in [-0.39, 0.29) is 6.04 Å². The molecular weight excluding hydrogens is 681 g/mol.